The maximum atomic E-state index is 10.4. The molecule has 106 valence electrons. The summed E-state index contributed by atoms with van der Waals surface area (Å²) in [6.07, 6.45) is 4.34. The van der Waals surface area contributed by atoms with Crippen molar-refractivity contribution < 1.29 is 18.9 Å². The van der Waals surface area contributed by atoms with Crippen molar-refractivity contribution in [1.29, 1.82) is 0 Å². The van der Waals surface area contributed by atoms with Gasteiger partial charge in [-0.25, -0.2) is 16.8 Å². The summed E-state index contributed by atoms with van der Waals surface area (Å²) in [4.78, 5) is 10.7. The van der Waals surface area contributed by atoms with Crippen LogP contribution in [0.3, 0.4) is 0 Å². The summed E-state index contributed by atoms with van der Waals surface area (Å²) in [5, 5.41) is 8.54. The lowest BCUT2D eigenvalue weighted by Crippen LogP contribution is -2.43. The van der Waals surface area contributed by atoms with Crippen LogP contribution in [0.5, 0.6) is 0 Å². The highest BCUT2D eigenvalue weighted by atomic mass is 32.2. The van der Waals surface area contributed by atoms with Crippen LogP contribution in [0.25, 0.3) is 0 Å². The van der Waals surface area contributed by atoms with Gasteiger partial charge in [0.1, 0.15) is 0 Å². The molecule has 0 radical (unpaired) electrons. The lowest BCUT2D eigenvalue weighted by atomic mass is 10.1. The minimum Gasteiger partial charge on any atom is -0.795 e. The van der Waals surface area contributed by atoms with Crippen LogP contribution in [0.1, 0.15) is 29.6 Å². The number of benzene rings is 1. The summed E-state index contributed by atoms with van der Waals surface area (Å²) in [6.45, 7) is 2.78. The van der Waals surface area contributed by atoms with Gasteiger partial charge in [0.2, 0.25) is 0 Å². The van der Waals surface area contributed by atoms with Crippen LogP contribution in [0, 0.1) is 0 Å². The first-order valence-electron chi connectivity index (χ1n) is 6.40. The fraction of sp³-hybridized carbons (Fsp3) is 0.500. The summed E-state index contributed by atoms with van der Waals surface area (Å²) in [5.74, 6) is -1.07. The average molecular weight is 283 g/mol. The molecule has 4 nitrogen and oxygen atoms in total. The van der Waals surface area contributed by atoms with E-state index in [1.807, 2.05) is 0 Å². The number of nitrogens with zero attached hydrogens (tertiary/aromatic N) is 1. The van der Waals surface area contributed by atoms with E-state index in [9.17, 15) is 9.35 Å². The number of rotatable bonds is 2. The number of likely N-dealkylation sites (tertiary alicyclic amines) is 1. The van der Waals surface area contributed by atoms with Crippen molar-refractivity contribution in [2.75, 3.05) is 27.2 Å². The number of hydrogen-bond acceptors (Lipinski definition) is 3. The Kier molecular flexibility index (Phi) is 6.34. The third-order valence-corrected chi connectivity index (χ3v) is 3.77. The van der Waals surface area contributed by atoms with E-state index in [-0.39, 0.29) is 22.5 Å². The fourth-order valence-electron chi connectivity index (χ4n) is 2.08. The molecule has 0 aromatic heterocycles. The molecule has 0 spiro atoms. The maximum Gasteiger partial charge on any atom is 0.336 e. The fourth-order valence-corrected chi connectivity index (χ4v) is 2.46. The number of piperidine rings is 1. The van der Waals surface area contributed by atoms with E-state index < -0.39 is 5.97 Å². The number of hydrogen-bond donors (Lipinski definition) is 1. The zero-order valence-corrected chi connectivity index (χ0v) is 12.3. The Bertz CT molecular complexity index is 413. The van der Waals surface area contributed by atoms with Gasteiger partial charge in [0.05, 0.1) is 32.7 Å². The standard InChI is InChI=1S/C7H16N.C7H6O3S/c1-8(2)6-4-3-5-7-8;8-7(9)5-3-1-2-4-6(5)11-10/h3-7H2,1-2H3;1-4,10H,(H,8,9)/q+1;/p-1. The second-order valence-corrected chi connectivity index (χ2v) is 5.93. The first kappa shape index (κ1) is 16.0. The molecule has 0 atom stereocenters. The molecule has 1 aromatic rings. The lowest BCUT2D eigenvalue weighted by Gasteiger charge is -2.33. The second-order valence-electron chi connectivity index (χ2n) is 5.33. The van der Waals surface area contributed by atoms with Gasteiger partial charge in [0, 0.05) is 4.90 Å². The van der Waals surface area contributed by atoms with Crippen molar-refractivity contribution in [3.8, 4) is 0 Å². The largest absolute Gasteiger partial charge is 0.795 e. The van der Waals surface area contributed by atoms with Gasteiger partial charge in [-0.3, -0.25) is 0 Å². The molecule has 5 heteroatoms. The Hall–Kier alpha value is -1.04. The van der Waals surface area contributed by atoms with Crippen LogP contribution in [0.4, 0.5) is 0 Å². The molecular weight excluding hydrogens is 262 g/mol. The van der Waals surface area contributed by atoms with Gasteiger partial charge in [-0.1, -0.05) is 12.1 Å². The van der Waals surface area contributed by atoms with Gasteiger partial charge in [-0.15, -0.1) is 0 Å². The molecule has 0 amide bonds. The third kappa shape index (κ3) is 5.63. The minimum atomic E-state index is -1.07. The molecule has 1 aliphatic rings. The van der Waals surface area contributed by atoms with Gasteiger partial charge in [0.15, 0.2) is 0 Å². The Morgan fingerprint density at radius 1 is 1.21 bits per heavy atom. The molecule has 0 saturated carbocycles. The molecular formula is C14H21NO3S. The maximum absolute atomic E-state index is 10.4. The Morgan fingerprint density at radius 3 is 2.16 bits per heavy atom. The van der Waals surface area contributed by atoms with E-state index in [2.05, 4.69) is 14.1 Å². The van der Waals surface area contributed by atoms with Gasteiger partial charge in [-0.2, -0.15) is 0 Å². The average Bonchev–Trinajstić information content (AvgIpc) is 2.39. The Morgan fingerprint density at radius 2 is 1.79 bits per heavy atom. The molecule has 1 fully saturated rings. The van der Waals surface area contributed by atoms with Crippen LogP contribution >= 0.6 is 12.0 Å². The molecule has 0 unspecified atom stereocenters. The quantitative estimate of drug-likeness (QED) is 0.669. The summed E-state index contributed by atoms with van der Waals surface area (Å²) < 4.78 is 11.6. The van der Waals surface area contributed by atoms with Gasteiger partial charge in [-0.05, 0) is 31.4 Å². The van der Waals surface area contributed by atoms with Gasteiger partial charge in [0.25, 0.3) is 0 Å². The number of carboxylic acid groups (broad SMARTS) is 1. The van der Waals surface area contributed by atoms with Crippen molar-refractivity contribution in [1.82, 2.24) is 0 Å². The van der Waals surface area contributed by atoms with Crippen LogP contribution in [0.15, 0.2) is 29.2 Å². The van der Waals surface area contributed by atoms with Crippen LogP contribution in [-0.2, 0) is 0 Å². The van der Waals surface area contributed by atoms with E-state index in [0.29, 0.717) is 0 Å². The van der Waals surface area contributed by atoms with E-state index in [1.165, 1.54) is 49.0 Å². The Balaban J connectivity index is 0.000000200. The molecule has 1 saturated heterocycles. The zero-order valence-electron chi connectivity index (χ0n) is 11.5. The first-order valence-corrected chi connectivity index (χ1v) is 7.14. The van der Waals surface area contributed by atoms with Crippen LogP contribution in [0.2, 0.25) is 0 Å². The molecule has 2 rings (SSSR count). The Labute approximate surface area is 118 Å². The smallest absolute Gasteiger partial charge is 0.336 e. The van der Waals surface area contributed by atoms with Gasteiger partial charge < -0.3 is 14.1 Å². The molecule has 1 heterocycles. The van der Waals surface area contributed by atoms with Crippen molar-refractivity contribution in [2.45, 2.75) is 24.2 Å². The molecule has 0 bridgehead atoms. The van der Waals surface area contributed by atoms with Crippen LogP contribution in [-0.4, -0.2) is 47.3 Å². The predicted octanol–water partition coefficient (Wildman–Crippen LogP) is 2.85. The molecule has 1 aliphatic heterocycles. The highest BCUT2D eigenvalue weighted by Crippen LogP contribution is 2.18. The van der Waals surface area contributed by atoms with Crippen molar-refractivity contribution >= 4 is 18.0 Å². The number of quaternary nitrogens is 1. The minimum absolute atomic E-state index is 0.0625. The number of aromatic carboxylic acids is 1. The first-order chi connectivity index (χ1) is 8.96. The van der Waals surface area contributed by atoms with Crippen molar-refractivity contribution in [2.24, 2.45) is 0 Å². The SMILES string of the molecule is C[N+]1(C)CCCCC1.O=C(O)c1ccccc1S[O-]. The summed E-state index contributed by atoms with van der Waals surface area (Å²) in [6, 6.07) is 6.11. The van der Waals surface area contributed by atoms with Crippen molar-refractivity contribution in [3.05, 3.63) is 29.8 Å². The van der Waals surface area contributed by atoms with Crippen molar-refractivity contribution in [3.63, 3.8) is 0 Å². The number of carboxylic acids is 1. The van der Waals surface area contributed by atoms with E-state index in [4.69, 9.17) is 5.11 Å². The summed E-state index contributed by atoms with van der Waals surface area (Å²) in [7, 11) is 4.64. The van der Waals surface area contributed by atoms with E-state index in [0.717, 1.165) is 0 Å². The van der Waals surface area contributed by atoms with E-state index >= 15 is 0 Å². The summed E-state index contributed by atoms with van der Waals surface area (Å²) >= 11 is 0.193. The molecule has 1 aromatic carbocycles. The highest BCUT2D eigenvalue weighted by Gasteiger charge is 2.17. The van der Waals surface area contributed by atoms with Crippen LogP contribution < -0.4 is 0 Å². The topological polar surface area (TPSA) is 60.4 Å². The molecule has 19 heavy (non-hydrogen) atoms. The predicted molar refractivity (Wildman–Crippen MR) is 75.7 cm³/mol. The molecule has 1 N–H and O–H groups in total. The third-order valence-electron chi connectivity index (χ3n) is 3.23. The van der Waals surface area contributed by atoms with E-state index in [1.54, 1.807) is 12.1 Å². The van der Waals surface area contributed by atoms with Gasteiger partial charge >= 0.3 is 5.97 Å². The summed E-state index contributed by atoms with van der Waals surface area (Å²) in [5.41, 5.74) is 0.0625. The highest BCUT2D eigenvalue weighted by molar-refractivity contribution is 7.93. The monoisotopic (exact) mass is 283 g/mol. The lowest BCUT2D eigenvalue weighted by molar-refractivity contribution is -0.894. The normalized spacial score (nSPS) is 17.2. The molecule has 0 aliphatic carbocycles. The zero-order chi connectivity index (χ0) is 14.3. The second kappa shape index (κ2) is 7.53. The number of carbonyl (C=O) groups is 1.